The molecule has 1 aromatic rings. The molecule has 0 aliphatic carbocycles. The van der Waals surface area contributed by atoms with E-state index in [4.69, 9.17) is 4.74 Å². The van der Waals surface area contributed by atoms with Crippen molar-refractivity contribution in [3.05, 3.63) is 23.8 Å². The van der Waals surface area contributed by atoms with Crippen molar-refractivity contribution in [3.8, 4) is 11.5 Å². The molecule has 0 amide bonds. The molecule has 0 saturated heterocycles. The van der Waals surface area contributed by atoms with Gasteiger partial charge in [-0.2, -0.15) is 0 Å². The monoisotopic (exact) mass is 276 g/mol. The van der Waals surface area contributed by atoms with E-state index in [2.05, 4.69) is 9.47 Å². The average molecular weight is 276 g/mol. The second kappa shape index (κ2) is 4.99. The molecule has 7 heteroatoms. The molecule has 0 fully saturated rings. The lowest BCUT2D eigenvalue weighted by Crippen LogP contribution is -2.17. The fraction of sp³-hybridized carbons (Fsp3) is 0.417. The van der Waals surface area contributed by atoms with Crippen molar-refractivity contribution in [1.29, 1.82) is 0 Å². The van der Waals surface area contributed by atoms with Gasteiger partial charge in [0.2, 0.25) is 0 Å². The average Bonchev–Trinajstić information content (AvgIpc) is 2.70. The van der Waals surface area contributed by atoms with E-state index in [9.17, 15) is 18.0 Å². The molecule has 0 bridgehead atoms. The van der Waals surface area contributed by atoms with Crippen LogP contribution in [-0.4, -0.2) is 26.0 Å². The SMILES string of the molecule is COC(=O)C[C@@H]1COc2ccc(OC(F)(F)F)cc21. The van der Waals surface area contributed by atoms with E-state index in [1.165, 1.54) is 25.3 Å². The number of rotatable bonds is 3. The second-order valence-electron chi connectivity index (χ2n) is 4.04. The zero-order valence-corrected chi connectivity index (χ0v) is 9.99. The number of hydrogen-bond acceptors (Lipinski definition) is 4. The number of hydrogen-bond donors (Lipinski definition) is 0. The van der Waals surface area contributed by atoms with Crippen molar-refractivity contribution in [3.63, 3.8) is 0 Å². The highest BCUT2D eigenvalue weighted by molar-refractivity contribution is 5.71. The summed E-state index contributed by atoms with van der Waals surface area (Å²) in [4.78, 5) is 11.2. The molecule has 4 nitrogen and oxygen atoms in total. The Kier molecular flexibility index (Phi) is 3.55. The van der Waals surface area contributed by atoms with Gasteiger partial charge in [0.1, 0.15) is 11.5 Å². The topological polar surface area (TPSA) is 44.8 Å². The number of fused-ring (bicyclic) bond motifs is 1. The van der Waals surface area contributed by atoms with E-state index in [0.29, 0.717) is 11.3 Å². The summed E-state index contributed by atoms with van der Waals surface area (Å²) in [5, 5.41) is 0. The lowest BCUT2D eigenvalue weighted by Gasteiger charge is -2.11. The molecule has 0 N–H and O–H groups in total. The predicted molar refractivity (Wildman–Crippen MR) is 58.0 cm³/mol. The van der Waals surface area contributed by atoms with E-state index in [1.54, 1.807) is 0 Å². The van der Waals surface area contributed by atoms with Crippen LogP contribution >= 0.6 is 0 Å². The van der Waals surface area contributed by atoms with Gasteiger partial charge in [0.15, 0.2) is 0 Å². The molecular formula is C12H11F3O4. The van der Waals surface area contributed by atoms with Gasteiger partial charge < -0.3 is 14.2 Å². The summed E-state index contributed by atoms with van der Waals surface area (Å²) < 4.78 is 50.0. The minimum atomic E-state index is -4.74. The number of benzene rings is 1. The summed E-state index contributed by atoms with van der Waals surface area (Å²) in [7, 11) is 1.25. The first-order valence-corrected chi connectivity index (χ1v) is 5.48. The number of esters is 1. The highest BCUT2D eigenvalue weighted by Gasteiger charge is 2.33. The van der Waals surface area contributed by atoms with Crippen LogP contribution in [-0.2, 0) is 9.53 Å². The molecule has 0 unspecified atom stereocenters. The Morgan fingerprint density at radius 3 is 2.84 bits per heavy atom. The number of methoxy groups -OCH3 is 1. The maximum absolute atomic E-state index is 12.1. The molecular weight excluding hydrogens is 265 g/mol. The van der Waals surface area contributed by atoms with Gasteiger partial charge in [-0.1, -0.05) is 0 Å². The Labute approximate surface area is 107 Å². The van der Waals surface area contributed by atoms with Gasteiger partial charge in [0.05, 0.1) is 20.1 Å². The fourth-order valence-corrected chi connectivity index (χ4v) is 1.91. The number of halogens is 3. The normalized spacial score (nSPS) is 17.6. The van der Waals surface area contributed by atoms with Crippen molar-refractivity contribution in [2.45, 2.75) is 18.7 Å². The molecule has 104 valence electrons. The third-order valence-electron chi connectivity index (χ3n) is 2.74. The van der Waals surface area contributed by atoms with Crippen molar-refractivity contribution in [1.82, 2.24) is 0 Å². The van der Waals surface area contributed by atoms with Crippen LogP contribution in [0.2, 0.25) is 0 Å². The summed E-state index contributed by atoms with van der Waals surface area (Å²) in [6, 6.07) is 3.81. The largest absolute Gasteiger partial charge is 0.573 e. The smallest absolute Gasteiger partial charge is 0.493 e. The van der Waals surface area contributed by atoms with E-state index < -0.39 is 12.3 Å². The lowest BCUT2D eigenvalue weighted by molar-refractivity contribution is -0.274. The van der Waals surface area contributed by atoms with Crippen LogP contribution in [0.4, 0.5) is 13.2 Å². The number of carbonyl (C=O) groups excluding carboxylic acids is 1. The van der Waals surface area contributed by atoms with Crippen LogP contribution in [0.15, 0.2) is 18.2 Å². The van der Waals surface area contributed by atoms with Gasteiger partial charge in [-0.15, -0.1) is 13.2 Å². The van der Waals surface area contributed by atoms with Gasteiger partial charge in [-0.3, -0.25) is 4.79 Å². The van der Waals surface area contributed by atoms with E-state index >= 15 is 0 Å². The predicted octanol–water partition coefficient (Wildman–Crippen LogP) is 2.62. The van der Waals surface area contributed by atoms with Gasteiger partial charge in [-0.05, 0) is 18.2 Å². The summed E-state index contributed by atoms with van der Waals surface area (Å²) in [6.45, 7) is 0.236. The Morgan fingerprint density at radius 1 is 1.47 bits per heavy atom. The molecule has 1 aliphatic rings. The Balaban J connectivity index is 2.18. The minimum Gasteiger partial charge on any atom is -0.493 e. The van der Waals surface area contributed by atoms with Gasteiger partial charge in [0, 0.05) is 11.5 Å². The molecule has 1 aromatic carbocycles. The van der Waals surface area contributed by atoms with E-state index in [1.807, 2.05) is 0 Å². The summed E-state index contributed by atoms with van der Waals surface area (Å²) in [6.07, 6.45) is -4.69. The summed E-state index contributed by atoms with van der Waals surface area (Å²) in [5.41, 5.74) is 0.521. The van der Waals surface area contributed by atoms with Gasteiger partial charge >= 0.3 is 12.3 Å². The fourth-order valence-electron chi connectivity index (χ4n) is 1.91. The summed E-state index contributed by atoms with van der Waals surface area (Å²) >= 11 is 0. The van der Waals surface area contributed by atoms with Crippen molar-refractivity contribution in [2.24, 2.45) is 0 Å². The van der Waals surface area contributed by atoms with E-state index in [0.717, 1.165) is 0 Å². The molecule has 0 spiro atoms. The lowest BCUT2D eigenvalue weighted by atomic mass is 9.98. The molecule has 0 radical (unpaired) electrons. The zero-order valence-electron chi connectivity index (χ0n) is 9.99. The zero-order chi connectivity index (χ0) is 14.0. The Morgan fingerprint density at radius 2 is 2.21 bits per heavy atom. The molecule has 1 aliphatic heterocycles. The number of ether oxygens (including phenoxy) is 3. The number of carbonyl (C=O) groups is 1. The first-order chi connectivity index (χ1) is 8.89. The Bertz CT molecular complexity index is 484. The first-order valence-electron chi connectivity index (χ1n) is 5.48. The molecule has 1 atom stereocenters. The van der Waals surface area contributed by atoms with Crippen LogP contribution in [0.3, 0.4) is 0 Å². The first kappa shape index (κ1) is 13.5. The van der Waals surface area contributed by atoms with Gasteiger partial charge in [-0.25, -0.2) is 0 Å². The van der Waals surface area contributed by atoms with Crippen molar-refractivity contribution in [2.75, 3.05) is 13.7 Å². The maximum Gasteiger partial charge on any atom is 0.573 e. The maximum atomic E-state index is 12.1. The third kappa shape index (κ3) is 3.30. The van der Waals surface area contributed by atoms with E-state index in [-0.39, 0.29) is 24.7 Å². The minimum absolute atomic E-state index is 0.0545. The number of alkyl halides is 3. The van der Waals surface area contributed by atoms with Crippen molar-refractivity contribution >= 4 is 5.97 Å². The Hall–Kier alpha value is -1.92. The van der Waals surface area contributed by atoms with Gasteiger partial charge in [0.25, 0.3) is 0 Å². The molecule has 0 saturated carbocycles. The van der Waals surface area contributed by atoms with Crippen molar-refractivity contribution < 1.29 is 32.2 Å². The van der Waals surface area contributed by atoms with Crippen LogP contribution in [0.5, 0.6) is 11.5 Å². The molecule has 19 heavy (non-hydrogen) atoms. The highest BCUT2D eigenvalue weighted by Crippen LogP contribution is 2.39. The third-order valence-corrected chi connectivity index (χ3v) is 2.74. The van der Waals surface area contributed by atoms with Crippen LogP contribution in [0, 0.1) is 0 Å². The molecule has 1 heterocycles. The quantitative estimate of drug-likeness (QED) is 0.796. The van der Waals surface area contributed by atoms with Crippen LogP contribution in [0.1, 0.15) is 17.9 Å². The van der Waals surface area contributed by atoms with Crippen LogP contribution < -0.4 is 9.47 Å². The van der Waals surface area contributed by atoms with Crippen LogP contribution in [0.25, 0.3) is 0 Å². The molecule has 0 aromatic heterocycles. The second-order valence-corrected chi connectivity index (χ2v) is 4.04. The highest BCUT2D eigenvalue weighted by atomic mass is 19.4. The molecule has 2 rings (SSSR count). The standard InChI is InChI=1S/C12H11F3O4/c1-17-11(16)4-7-6-18-10-3-2-8(5-9(7)10)19-12(13,14)15/h2-3,5,7H,4,6H2,1H3/t7-/m1/s1. The summed E-state index contributed by atoms with van der Waals surface area (Å²) in [5.74, 6) is -0.627.